The molecule has 1 fully saturated rings. The topological polar surface area (TPSA) is 46.3 Å². The molecular weight excluding hydrogens is 200 g/mol. The highest BCUT2D eigenvalue weighted by Crippen LogP contribution is 2.30. The van der Waals surface area contributed by atoms with E-state index in [9.17, 15) is 4.79 Å². The summed E-state index contributed by atoms with van der Waals surface area (Å²) < 4.78 is 0. The van der Waals surface area contributed by atoms with Crippen LogP contribution in [0.5, 0.6) is 0 Å². The van der Waals surface area contributed by atoms with Crippen molar-refractivity contribution in [3.05, 3.63) is 0 Å². The average Bonchev–Trinajstić information content (AvgIpc) is 2.65. The van der Waals surface area contributed by atoms with Crippen LogP contribution in [0.2, 0.25) is 0 Å². The Labute approximate surface area is 99.4 Å². The quantitative estimate of drug-likeness (QED) is 0.706. The maximum Gasteiger partial charge on any atom is 0.224 e. The Morgan fingerprint density at radius 2 is 1.94 bits per heavy atom. The number of unbranched alkanes of at least 4 members (excludes halogenated alkanes) is 2. The lowest BCUT2D eigenvalue weighted by Crippen LogP contribution is -2.42. The third-order valence-corrected chi connectivity index (χ3v) is 3.63. The fraction of sp³-hybridized carbons (Fsp3) is 0.923. The second-order valence-corrected chi connectivity index (χ2v) is 5.27. The minimum atomic E-state index is -0.198. The lowest BCUT2D eigenvalue weighted by Gasteiger charge is -2.26. The van der Waals surface area contributed by atoms with Crippen LogP contribution in [0.25, 0.3) is 0 Å². The molecule has 0 bridgehead atoms. The molecule has 1 saturated carbocycles. The summed E-state index contributed by atoms with van der Waals surface area (Å²) in [6, 6.07) is 0. The normalized spacial score (nSPS) is 18.7. The van der Waals surface area contributed by atoms with Gasteiger partial charge in [0, 0.05) is 25.6 Å². The Morgan fingerprint density at radius 3 is 2.50 bits per heavy atom. The van der Waals surface area contributed by atoms with Crippen LogP contribution in [0.4, 0.5) is 0 Å². The van der Waals surface area contributed by atoms with Gasteiger partial charge in [-0.1, -0.05) is 32.6 Å². The summed E-state index contributed by atoms with van der Waals surface area (Å²) in [6.45, 7) is 3.05. The van der Waals surface area contributed by atoms with Gasteiger partial charge in [0.25, 0.3) is 0 Å². The molecular formula is C13H26N2O. The number of amides is 1. The summed E-state index contributed by atoms with van der Waals surface area (Å²) in [4.78, 5) is 13.8. The third kappa shape index (κ3) is 4.12. The molecule has 94 valence electrons. The monoisotopic (exact) mass is 226 g/mol. The molecule has 0 radical (unpaired) electrons. The molecule has 1 aliphatic carbocycles. The van der Waals surface area contributed by atoms with E-state index >= 15 is 0 Å². The summed E-state index contributed by atoms with van der Waals surface area (Å²) >= 11 is 0. The standard InChI is InChI=1S/C13H26N2O/c1-3-4-7-10-15(2)12(16)11-13(14)8-5-6-9-13/h3-11,14H2,1-2H3. The van der Waals surface area contributed by atoms with Crippen molar-refractivity contribution in [1.29, 1.82) is 0 Å². The highest BCUT2D eigenvalue weighted by atomic mass is 16.2. The van der Waals surface area contributed by atoms with Gasteiger partial charge in [-0.25, -0.2) is 0 Å². The number of rotatable bonds is 6. The van der Waals surface area contributed by atoms with Crippen LogP contribution in [0.15, 0.2) is 0 Å². The Balaban J connectivity index is 2.27. The van der Waals surface area contributed by atoms with Crippen molar-refractivity contribution in [2.75, 3.05) is 13.6 Å². The average molecular weight is 226 g/mol. The second-order valence-electron chi connectivity index (χ2n) is 5.27. The molecule has 1 rings (SSSR count). The molecule has 0 unspecified atom stereocenters. The van der Waals surface area contributed by atoms with Crippen molar-refractivity contribution >= 4 is 5.91 Å². The van der Waals surface area contributed by atoms with Crippen LogP contribution >= 0.6 is 0 Å². The van der Waals surface area contributed by atoms with Gasteiger partial charge in [-0.3, -0.25) is 4.79 Å². The lowest BCUT2D eigenvalue weighted by molar-refractivity contribution is -0.131. The predicted molar refractivity (Wildman–Crippen MR) is 67.2 cm³/mol. The molecule has 0 aromatic rings. The summed E-state index contributed by atoms with van der Waals surface area (Å²) in [5.74, 6) is 0.223. The molecule has 16 heavy (non-hydrogen) atoms. The van der Waals surface area contributed by atoms with Crippen molar-refractivity contribution in [3.63, 3.8) is 0 Å². The van der Waals surface area contributed by atoms with Gasteiger partial charge in [0.2, 0.25) is 5.91 Å². The highest BCUT2D eigenvalue weighted by Gasteiger charge is 2.32. The number of carbonyl (C=O) groups excluding carboxylic acids is 1. The molecule has 0 atom stereocenters. The summed E-state index contributed by atoms with van der Waals surface area (Å²) in [5.41, 5.74) is 6.01. The van der Waals surface area contributed by atoms with E-state index in [1.54, 1.807) is 0 Å². The molecule has 0 aliphatic heterocycles. The Morgan fingerprint density at radius 1 is 1.31 bits per heavy atom. The number of nitrogens with zero attached hydrogens (tertiary/aromatic N) is 1. The van der Waals surface area contributed by atoms with Crippen LogP contribution < -0.4 is 5.73 Å². The Bertz CT molecular complexity index is 222. The van der Waals surface area contributed by atoms with Gasteiger partial charge in [-0.15, -0.1) is 0 Å². The molecule has 1 amide bonds. The first-order valence-corrected chi connectivity index (χ1v) is 6.60. The number of hydrogen-bond donors (Lipinski definition) is 1. The SMILES string of the molecule is CCCCCN(C)C(=O)CC1(N)CCCC1. The van der Waals surface area contributed by atoms with Crippen molar-refractivity contribution in [2.45, 2.75) is 63.8 Å². The molecule has 3 heteroatoms. The van der Waals surface area contributed by atoms with E-state index < -0.39 is 0 Å². The maximum absolute atomic E-state index is 11.9. The predicted octanol–water partition coefficient (Wildman–Crippen LogP) is 2.30. The molecule has 0 aromatic heterocycles. The van der Waals surface area contributed by atoms with Gasteiger partial charge in [0.1, 0.15) is 0 Å². The second kappa shape index (κ2) is 6.24. The smallest absolute Gasteiger partial charge is 0.224 e. The molecule has 0 heterocycles. The first-order chi connectivity index (χ1) is 7.57. The zero-order valence-corrected chi connectivity index (χ0v) is 10.8. The minimum Gasteiger partial charge on any atom is -0.346 e. The summed E-state index contributed by atoms with van der Waals surface area (Å²) in [6.07, 6.45) is 8.44. The zero-order chi connectivity index (χ0) is 12.0. The van der Waals surface area contributed by atoms with Crippen molar-refractivity contribution in [2.24, 2.45) is 5.73 Å². The van der Waals surface area contributed by atoms with Crippen LogP contribution in [0.1, 0.15) is 58.3 Å². The largest absolute Gasteiger partial charge is 0.346 e. The third-order valence-electron chi connectivity index (χ3n) is 3.63. The van der Waals surface area contributed by atoms with E-state index in [1.165, 1.54) is 25.7 Å². The first kappa shape index (κ1) is 13.5. The Hall–Kier alpha value is -0.570. The van der Waals surface area contributed by atoms with E-state index in [-0.39, 0.29) is 11.4 Å². The first-order valence-electron chi connectivity index (χ1n) is 6.60. The van der Waals surface area contributed by atoms with Gasteiger partial charge in [-0.05, 0) is 19.3 Å². The minimum absolute atomic E-state index is 0.198. The summed E-state index contributed by atoms with van der Waals surface area (Å²) in [5, 5.41) is 0. The van der Waals surface area contributed by atoms with E-state index in [2.05, 4.69) is 6.92 Å². The van der Waals surface area contributed by atoms with Crippen LogP contribution in [-0.2, 0) is 4.79 Å². The van der Waals surface area contributed by atoms with Crippen molar-refractivity contribution in [1.82, 2.24) is 4.90 Å². The molecule has 1 aliphatic rings. The van der Waals surface area contributed by atoms with E-state index in [0.29, 0.717) is 6.42 Å². The van der Waals surface area contributed by atoms with Crippen LogP contribution in [0, 0.1) is 0 Å². The Kier molecular flexibility index (Phi) is 5.26. The molecule has 0 saturated heterocycles. The van der Waals surface area contributed by atoms with Crippen molar-refractivity contribution < 1.29 is 4.79 Å². The number of nitrogens with two attached hydrogens (primary N) is 1. The highest BCUT2D eigenvalue weighted by molar-refractivity contribution is 5.77. The van der Waals surface area contributed by atoms with Gasteiger partial charge in [0.05, 0.1) is 0 Å². The number of hydrogen-bond acceptors (Lipinski definition) is 2. The van der Waals surface area contributed by atoms with Crippen LogP contribution in [-0.4, -0.2) is 29.9 Å². The fourth-order valence-electron chi connectivity index (χ4n) is 2.42. The summed E-state index contributed by atoms with van der Waals surface area (Å²) in [7, 11) is 1.90. The zero-order valence-electron chi connectivity index (χ0n) is 10.8. The molecule has 3 nitrogen and oxygen atoms in total. The van der Waals surface area contributed by atoms with E-state index in [4.69, 9.17) is 5.73 Å². The molecule has 2 N–H and O–H groups in total. The van der Waals surface area contributed by atoms with Gasteiger partial charge in [-0.2, -0.15) is 0 Å². The van der Waals surface area contributed by atoms with Crippen LogP contribution in [0.3, 0.4) is 0 Å². The fourth-order valence-corrected chi connectivity index (χ4v) is 2.42. The van der Waals surface area contributed by atoms with Gasteiger partial charge < -0.3 is 10.6 Å². The van der Waals surface area contributed by atoms with Crippen molar-refractivity contribution in [3.8, 4) is 0 Å². The van der Waals surface area contributed by atoms with Gasteiger partial charge in [0.15, 0.2) is 0 Å². The molecule has 0 spiro atoms. The van der Waals surface area contributed by atoms with E-state index in [1.807, 2.05) is 11.9 Å². The molecule has 0 aromatic carbocycles. The van der Waals surface area contributed by atoms with E-state index in [0.717, 1.165) is 25.8 Å². The maximum atomic E-state index is 11.9. The number of carbonyl (C=O) groups is 1. The van der Waals surface area contributed by atoms with Gasteiger partial charge >= 0.3 is 0 Å². The lowest BCUT2D eigenvalue weighted by atomic mass is 9.94.